The largest absolute Gasteiger partial charge is 0.465 e. The zero-order valence-corrected chi connectivity index (χ0v) is 15.9. The molecule has 0 fully saturated rings. The topological polar surface area (TPSA) is 69.6 Å². The summed E-state index contributed by atoms with van der Waals surface area (Å²) in [6, 6.07) is 13.8. The van der Waals surface area contributed by atoms with Crippen LogP contribution in [0.2, 0.25) is 0 Å². The van der Waals surface area contributed by atoms with Crippen molar-refractivity contribution in [1.82, 2.24) is 4.90 Å². The molecule has 0 spiro atoms. The first-order valence-corrected chi connectivity index (χ1v) is 8.57. The highest BCUT2D eigenvalue weighted by Crippen LogP contribution is 2.31. The predicted molar refractivity (Wildman–Crippen MR) is 103 cm³/mol. The van der Waals surface area contributed by atoms with E-state index in [0.717, 1.165) is 16.8 Å². The summed E-state index contributed by atoms with van der Waals surface area (Å²) < 4.78 is 0. The zero-order chi connectivity index (χ0) is 19.5. The average molecular weight is 354 g/mol. The normalized spacial score (nSPS) is 12.3. The first kappa shape index (κ1) is 19.5. The van der Waals surface area contributed by atoms with E-state index in [4.69, 9.17) is 0 Å². The number of hydrogen-bond donors (Lipinski definition) is 2. The third-order valence-electron chi connectivity index (χ3n) is 4.28. The lowest BCUT2D eigenvalue weighted by atomic mass is 9.97. The Kier molecular flexibility index (Phi) is 5.70. The first-order valence-electron chi connectivity index (χ1n) is 8.57. The van der Waals surface area contributed by atoms with Gasteiger partial charge in [0.1, 0.15) is 6.04 Å². The van der Waals surface area contributed by atoms with Crippen LogP contribution in [0.4, 0.5) is 10.5 Å². The van der Waals surface area contributed by atoms with Gasteiger partial charge in [-0.15, -0.1) is 0 Å². The Labute approximate surface area is 154 Å². The first-order chi connectivity index (χ1) is 12.1. The lowest BCUT2D eigenvalue weighted by Gasteiger charge is -2.39. The smallest absolute Gasteiger partial charge is 0.408 e. The lowest BCUT2D eigenvalue weighted by molar-refractivity contribution is -0.122. The van der Waals surface area contributed by atoms with E-state index in [0.29, 0.717) is 5.56 Å². The van der Waals surface area contributed by atoms with Crippen LogP contribution < -0.4 is 5.32 Å². The van der Waals surface area contributed by atoms with Gasteiger partial charge in [0.25, 0.3) is 5.91 Å². The monoisotopic (exact) mass is 354 g/mol. The molecule has 2 amide bonds. The quantitative estimate of drug-likeness (QED) is 0.831. The van der Waals surface area contributed by atoms with E-state index < -0.39 is 17.7 Å². The molecule has 5 nitrogen and oxygen atoms in total. The molecule has 2 aromatic rings. The van der Waals surface area contributed by atoms with Crippen LogP contribution in [-0.4, -0.2) is 27.5 Å². The predicted octanol–water partition coefficient (Wildman–Crippen LogP) is 4.76. The molecule has 0 radical (unpaired) electrons. The van der Waals surface area contributed by atoms with Crippen LogP contribution >= 0.6 is 0 Å². The van der Waals surface area contributed by atoms with Crippen LogP contribution in [0.25, 0.3) is 0 Å². The molecule has 1 unspecified atom stereocenters. The van der Waals surface area contributed by atoms with Gasteiger partial charge in [-0.25, -0.2) is 4.79 Å². The Morgan fingerprint density at radius 2 is 1.50 bits per heavy atom. The molecule has 0 heterocycles. The Hall–Kier alpha value is -2.82. The molecule has 2 N–H and O–H groups in total. The van der Waals surface area contributed by atoms with Gasteiger partial charge in [0.2, 0.25) is 0 Å². The number of carbonyl (C=O) groups excluding carboxylic acids is 1. The summed E-state index contributed by atoms with van der Waals surface area (Å²) in [7, 11) is 0. The van der Waals surface area contributed by atoms with Crippen molar-refractivity contribution < 1.29 is 14.7 Å². The third kappa shape index (κ3) is 4.23. The highest BCUT2D eigenvalue weighted by Gasteiger charge is 2.38. The molecule has 0 aromatic heterocycles. The van der Waals surface area contributed by atoms with Crippen molar-refractivity contribution in [3.63, 3.8) is 0 Å². The van der Waals surface area contributed by atoms with Crippen molar-refractivity contribution in [2.45, 2.75) is 46.2 Å². The van der Waals surface area contributed by atoms with E-state index in [1.165, 1.54) is 4.90 Å². The van der Waals surface area contributed by atoms with Crippen molar-refractivity contribution in [2.24, 2.45) is 0 Å². The number of rotatable bonds is 4. The Morgan fingerprint density at radius 3 is 1.96 bits per heavy atom. The highest BCUT2D eigenvalue weighted by molar-refractivity contribution is 5.98. The van der Waals surface area contributed by atoms with Crippen LogP contribution in [0.5, 0.6) is 0 Å². The fourth-order valence-electron chi connectivity index (χ4n) is 3.04. The van der Waals surface area contributed by atoms with Gasteiger partial charge in [-0.3, -0.25) is 9.69 Å². The summed E-state index contributed by atoms with van der Waals surface area (Å²) in [6.07, 6.45) is -1.14. The van der Waals surface area contributed by atoms with Crippen molar-refractivity contribution >= 4 is 17.7 Å². The molecule has 1 atom stereocenters. The third-order valence-corrected chi connectivity index (χ3v) is 4.28. The summed E-state index contributed by atoms with van der Waals surface area (Å²) in [5.41, 5.74) is 2.47. The average Bonchev–Trinajstić information content (AvgIpc) is 2.55. The lowest BCUT2D eigenvalue weighted by Crippen LogP contribution is -2.50. The minimum atomic E-state index is -1.14. The molecule has 5 heteroatoms. The van der Waals surface area contributed by atoms with Gasteiger partial charge in [-0.2, -0.15) is 0 Å². The molecule has 0 saturated heterocycles. The second-order valence-electron chi connectivity index (χ2n) is 7.39. The maximum absolute atomic E-state index is 13.2. The van der Waals surface area contributed by atoms with Gasteiger partial charge in [-0.05, 0) is 51.3 Å². The van der Waals surface area contributed by atoms with Crippen molar-refractivity contribution in [3.05, 3.63) is 65.2 Å². The summed E-state index contributed by atoms with van der Waals surface area (Å²) in [5.74, 6) is -0.370. The van der Waals surface area contributed by atoms with Crippen molar-refractivity contribution in [1.29, 1.82) is 0 Å². The molecule has 0 aliphatic rings. The van der Waals surface area contributed by atoms with Gasteiger partial charge in [0.15, 0.2) is 0 Å². The van der Waals surface area contributed by atoms with E-state index in [1.54, 1.807) is 45.0 Å². The van der Waals surface area contributed by atoms with Crippen LogP contribution in [-0.2, 0) is 4.79 Å². The van der Waals surface area contributed by atoms with E-state index in [1.807, 2.05) is 38.1 Å². The van der Waals surface area contributed by atoms with Gasteiger partial charge < -0.3 is 10.4 Å². The van der Waals surface area contributed by atoms with Crippen LogP contribution in [0, 0.1) is 13.8 Å². The van der Waals surface area contributed by atoms with E-state index in [-0.39, 0.29) is 5.91 Å². The van der Waals surface area contributed by atoms with Crippen LogP contribution in [0.1, 0.15) is 43.5 Å². The molecule has 2 aromatic carbocycles. The molecule has 0 aliphatic carbocycles. The number of carboxylic acid groups (broad SMARTS) is 1. The Balaban J connectivity index is 2.50. The molecule has 2 rings (SSSR count). The van der Waals surface area contributed by atoms with Crippen molar-refractivity contribution in [3.8, 4) is 0 Å². The van der Waals surface area contributed by atoms with E-state index >= 15 is 0 Å². The van der Waals surface area contributed by atoms with Crippen molar-refractivity contribution in [2.75, 3.05) is 5.32 Å². The molecular formula is C21H26N2O3. The fraction of sp³-hybridized carbons (Fsp3) is 0.333. The molecular weight excluding hydrogens is 328 g/mol. The second-order valence-corrected chi connectivity index (χ2v) is 7.39. The molecule has 0 aliphatic heterocycles. The number of para-hydroxylation sites is 1. The van der Waals surface area contributed by atoms with Crippen LogP contribution in [0.3, 0.4) is 0 Å². The maximum Gasteiger partial charge on any atom is 0.408 e. The standard InChI is InChI=1S/C21H26N2O3/c1-14-10-9-11-15(2)17(14)22-19(24)18(16-12-7-6-8-13-16)23(20(25)26)21(3,4)5/h6-13,18H,1-5H3,(H,22,24)(H,25,26). The Bertz CT molecular complexity index is 774. The Morgan fingerprint density at radius 1 is 0.962 bits per heavy atom. The number of nitrogens with one attached hydrogen (secondary N) is 1. The minimum Gasteiger partial charge on any atom is -0.465 e. The van der Waals surface area contributed by atoms with Gasteiger partial charge in [0, 0.05) is 11.2 Å². The van der Waals surface area contributed by atoms with E-state index in [9.17, 15) is 14.7 Å². The van der Waals surface area contributed by atoms with E-state index in [2.05, 4.69) is 5.32 Å². The summed E-state index contributed by atoms with van der Waals surface area (Å²) >= 11 is 0. The number of carbonyl (C=O) groups is 2. The summed E-state index contributed by atoms with van der Waals surface area (Å²) in [4.78, 5) is 26.4. The van der Waals surface area contributed by atoms with Gasteiger partial charge >= 0.3 is 6.09 Å². The maximum atomic E-state index is 13.2. The van der Waals surface area contributed by atoms with Gasteiger partial charge in [-0.1, -0.05) is 48.5 Å². The summed E-state index contributed by atoms with van der Waals surface area (Å²) in [6.45, 7) is 9.17. The molecule has 0 saturated carbocycles. The highest BCUT2D eigenvalue weighted by atomic mass is 16.4. The number of hydrogen-bond acceptors (Lipinski definition) is 2. The van der Waals surface area contributed by atoms with Gasteiger partial charge in [0.05, 0.1) is 0 Å². The number of amides is 2. The SMILES string of the molecule is Cc1cccc(C)c1NC(=O)C(c1ccccc1)N(C(=O)O)C(C)(C)C. The number of benzene rings is 2. The van der Waals surface area contributed by atoms with Crippen LogP contribution in [0.15, 0.2) is 48.5 Å². The number of nitrogens with zero attached hydrogens (tertiary/aromatic N) is 1. The number of anilines is 1. The minimum absolute atomic E-state index is 0.370. The summed E-state index contributed by atoms with van der Waals surface area (Å²) in [5, 5.41) is 12.8. The number of aryl methyl sites for hydroxylation is 2. The molecule has 0 bridgehead atoms. The second kappa shape index (κ2) is 7.60. The fourth-order valence-corrected chi connectivity index (χ4v) is 3.04. The molecule has 138 valence electrons. The molecule has 26 heavy (non-hydrogen) atoms. The zero-order valence-electron chi connectivity index (χ0n) is 15.9.